The zero-order chi connectivity index (χ0) is 13.2. The van der Waals surface area contributed by atoms with Gasteiger partial charge in [-0.1, -0.05) is 30.5 Å². The molecule has 0 radical (unpaired) electrons. The quantitative estimate of drug-likeness (QED) is 0.789. The molecular formula is C16H24OS. The van der Waals surface area contributed by atoms with Crippen LogP contribution in [0.15, 0.2) is 12.1 Å². The average molecular weight is 264 g/mol. The third-order valence-corrected chi connectivity index (χ3v) is 4.80. The number of benzene rings is 1. The first-order chi connectivity index (χ1) is 8.56. The number of hydrogen-bond donors (Lipinski definition) is 1. The van der Waals surface area contributed by atoms with Gasteiger partial charge in [-0.2, -0.15) is 12.6 Å². The predicted molar refractivity (Wildman–Crippen MR) is 80.9 cm³/mol. The largest absolute Gasteiger partial charge is 0.492 e. The topological polar surface area (TPSA) is 9.23 Å². The summed E-state index contributed by atoms with van der Waals surface area (Å²) < 4.78 is 6.15. The highest BCUT2D eigenvalue weighted by atomic mass is 32.1. The second kappa shape index (κ2) is 5.56. The smallest absolute Gasteiger partial charge is 0.125 e. The Morgan fingerprint density at radius 3 is 2.17 bits per heavy atom. The standard InChI is InChI=1S/C16H24OS/c1-12-8-13(2)15(14(3)9-12)17-10-16(11-18)6-4-5-7-16/h8-9,18H,4-7,10-11H2,1-3H3. The van der Waals surface area contributed by atoms with Gasteiger partial charge in [0.2, 0.25) is 0 Å². The molecule has 100 valence electrons. The highest BCUT2D eigenvalue weighted by molar-refractivity contribution is 7.80. The molecule has 2 heteroatoms. The van der Waals surface area contributed by atoms with Gasteiger partial charge in [-0.25, -0.2) is 0 Å². The van der Waals surface area contributed by atoms with E-state index in [9.17, 15) is 0 Å². The van der Waals surface area contributed by atoms with Gasteiger partial charge in [0.15, 0.2) is 0 Å². The number of hydrogen-bond acceptors (Lipinski definition) is 2. The van der Waals surface area contributed by atoms with Gasteiger partial charge in [0, 0.05) is 5.41 Å². The summed E-state index contributed by atoms with van der Waals surface area (Å²) >= 11 is 4.54. The Labute approximate surface area is 116 Å². The normalized spacial score (nSPS) is 18.0. The van der Waals surface area contributed by atoms with Crippen LogP contribution in [0.1, 0.15) is 42.4 Å². The highest BCUT2D eigenvalue weighted by Gasteiger charge is 2.33. The van der Waals surface area contributed by atoms with Crippen LogP contribution in [0.4, 0.5) is 0 Å². The fourth-order valence-corrected chi connectivity index (χ4v) is 3.50. The van der Waals surface area contributed by atoms with Crippen LogP contribution in [0.2, 0.25) is 0 Å². The Kier molecular flexibility index (Phi) is 4.26. The van der Waals surface area contributed by atoms with E-state index in [0.717, 1.165) is 18.1 Å². The number of rotatable bonds is 4. The molecule has 0 unspecified atom stereocenters. The summed E-state index contributed by atoms with van der Waals surface area (Å²) in [7, 11) is 0. The van der Waals surface area contributed by atoms with Crippen molar-refractivity contribution in [1.82, 2.24) is 0 Å². The van der Waals surface area contributed by atoms with Gasteiger partial charge in [-0.05, 0) is 50.5 Å². The van der Waals surface area contributed by atoms with Crippen molar-refractivity contribution in [3.8, 4) is 5.75 Å². The van der Waals surface area contributed by atoms with Gasteiger partial charge in [0.25, 0.3) is 0 Å². The molecule has 1 aliphatic rings. The summed E-state index contributed by atoms with van der Waals surface area (Å²) in [5, 5.41) is 0. The molecule has 0 aliphatic heterocycles. The fraction of sp³-hybridized carbons (Fsp3) is 0.625. The minimum atomic E-state index is 0.312. The predicted octanol–water partition coefficient (Wildman–Crippen LogP) is 4.48. The first-order valence-corrected chi connectivity index (χ1v) is 7.51. The van der Waals surface area contributed by atoms with Gasteiger partial charge in [0.05, 0.1) is 6.61 Å². The molecule has 1 fully saturated rings. The van der Waals surface area contributed by atoms with Crippen molar-refractivity contribution in [2.45, 2.75) is 46.5 Å². The van der Waals surface area contributed by atoms with Crippen LogP contribution in [-0.4, -0.2) is 12.4 Å². The summed E-state index contributed by atoms with van der Waals surface area (Å²) in [6.07, 6.45) is 5.19. The third kappa shape index (κ3) is 2.85. The highest BCUT2D eigenvalue weighted by Crippen LogP contribution is 2.40. The van der Waals surface area contributed by atoms with Crippen LogP contribution in [-0.2, 0) is 0 Å². The first-order valence-electron chi connectivity index (χ1n) is 6.88. The number of thiol groups is 1. The molecular weight excluding hydrogens is 240 g/mol. The lowest BCUT2D eigenvalue weighted by atomic mass is 9.90. The Hall–Kier alpha value is -0.630. The molecule has 18 heavy (non-hydrogen) atoms. The zero-order valence-corrected chi connectivity index (χ0v) is 12.6. The molecule has 1 aromatic rings. The molecule has 1 saturated carbocycles. The minimum Gasteiger partial charge on any atom is -0.492 e. The van der Waals surface area contributed by atoms with Crippen molar-refractivity contribution in [1.29, 1.82) is 0 Å². The Morgan fingerprint density at radius 1 is 1.11 bits per heavy atom. The molecule has 0 bridgehead atoms. The average Bonchev–Trinajstić information content (AvgIpc) is 2.77. The van der Waals surface area contributed by atoms with E-state index in [1.54, 1.807) is 0 Å². The maximum atomic E-state index is 6.15. The Balaban J connectivity index is 2.10. The lowest BCUT2D eigenvalue weighted by molar-refractivity contribution is 0.171. The van der Waals surface area contributed by atoms with Crippen molar-refractivity contribution < 1.29 is 4.74 Å². The summed E-state index contributed by atoms with van der Waals surface area (Å²) in [4.78, 5) is 0. The van der Waals surface area contributed by atoms with E-state index < -0.39 is 0 Å². The van der Waals surface area contributed by atoms with E-state index in [2.05, 4.69) is 45.5 Å². The molecule has 0 amide bonds. The molecule has 1 nitrogen and oxygen atoms in total. The van der Waals surface area contributed by atoms with Crippen molar-refractivity contribution in [3.63, 3.8) is 0 Å². The van der Waals surface area contributed by atoms with Gasteiger partial charge in [-0.15, -0.1) is 0 Å². The SMILES string of the molecule is Cc1cc(C)c(OCC2(CS)CCCC2)c(C)c1. The maximum absolute atomic E-state index is 6.15. The van der Waals surface area contributed by atoms with E-state index in [1.165, 1.54) is 42.4 Å². The monoisotopic (exact) mass is 264 g/mol. The molecule has 1 aromatic carbocycles. The lowest BCUT2D eigenvalue weighted by Crippen LogP contribution is -2.27. The van der Waals surface area contributed by atoms with E-state index in [-0.39, 0.29) is 0 Å². The second-order valence-electron chi connectivity index (χ2n) is 5.88. The van der Waals surface area contributed by atoms with Crippen molar-refractivity contribution in [3.05, 3.63) is 28.8 Å². The van der Waals surface area contributed by atoms with E-state index in [0.29, 0.717) is 5.41 Å². The van der Waals surface area contributed by atoms with Crippen LogP contribution in [0.3, 0.4) is 0 Å². The van der Waals surface area contributed by atoms with Crippen LogP contribution in [0.25, 0.3) is 0 Å². The molecule has 0 atom stereocenters. The van der Waals surface area contributed by atoms with Gasteiger partial charge < -0.3 is 4.74 Å². The van der Waals surface area contributed by atoms with E-state index in [4.69, 9.17) is 4.74 Å². The molecule has 1 aliphatic carbocycles. The van der Waals surface area contributed by atoms with Crippen LogP contribution in [0, 0.1) is 26.2 Å². The third-order valence-electron chi connectivity index (χ3n) is 4.13. The molecule has 0 N–H and O–H groups in total. The van der Waals surface area contributed by atoms with Gasteiger partial charge in [0.1, 0.15) is 5.75 Å². The lowest BCUT2D eigenvalue weighted by Gasteiger charge is -2.27. The van der Waals surface area contributed by atoms with E-state index >= 15 is 0 Å². The van der Waals surface area contributed by atoms with Gasteiger partial charge in [-0.3, -0.25) is 0 Å². The Bertz CT molecular complexity index is 396. The van der Waals surface area contributed by atoms with Crippen LogP contribution >= 0.6 is 12.6 Å². The maximum Gasteiger partial charge on any atom is 0.125 e. The first kappa shape index (κ1) is 13.8. The minimum absolute atomic E-state index is 0.312. The van der Waals surface area contributed by atoms with E-state index in [1.807, 2.05) is 0 Å². The fourth-order valence-electron chi connectivity index (χ4n) is 3.09. The molecule has 0 spiro atoms. The number of aryl methyl sites for hydroxylation is 3. The summed E-state index contributed by atoms with van der Waals surface area (Å²) in [6, 6.07) is 4.40. The summed E-state index contributed by atoms with van der Waals surface area (Å²) in [6.45, 7) is 7.23. The Morgan fingerprint density at radius 2 is 1.67 bits per heavy atom. The van der Waals surface area contributed by atoms with Gasteiger partial charge >= 0.3 is 0 Å². The van der Waals surface area contributed by atoms with Crippen molar-refractivity contribution in [2.75, 3.05) is 12.4 Å². The second-order valence-corrected chi connectivity index (χ2v) is 6.20. The molecule has 0 heterocycles. The molecule has 2 rings (SSSR count). The molecule has 0 aromatic heterocycles. The molecule has 0 saturated heterocycles. The summed E-state index contributed by atoms with van der Waals surface area (Å²) in [5.74, 6) is 2.02. The van der Waals surface area contributed by atoms with Crippen LogP contribution in [0.5, 0.6) is 5.75 Å². The number of ether oxygens (including phenoxy) is 1. The zero-order valence-electron chi connectivity index (χ0n) is 11.8. The van der Waals surface area contributed by atoms with Crippen molar-refractivity contribution in [2.24, 2.45) is 5.41 Å². The van der Waals surface area contributed by atoms with Crippen molar-refractivity contribution >= 4 is 12.6 Å². The summed E-state index contributed by atoms with van der Waals surface area (Å²) in [5.41, 5.74) is 4.12. The van der Waals surface area contributed by atoms with Crippen LogP contribution < -0.4 is 4.74 Å².